The molecule has 0 aliphatic carbocycles. The van der Waals surface area contributed by atoms with Crippen LogP contribution in [0.15, 0.2) is 24.3 Å². The van der Waals surface area contributed by atoms with Crippen LogP contribution < -0.4 is 54.4 Å². The molecule has 1 rings (SSSR count). The number of aliphatic carboxylic acids is 1. The number of hydrogen-bond donors (Lipinski definition) is 13. The van der Waals surface area contributed by atoms with Gasteiger partial charge in [-0.25, -0.2) is 4.79 Å². The van der Waals surface area contributed by atoms with Crippen LogP contribution in [0.3, 0.4) is 0 Å². The molecule has 1 aromatic carbocycles. The van der Waals surface area contributed by atoms with E-state index in [4.69, 9.17) is 17.2 Å². The molecule has 8 atom stereocenters. The fourth-order valence-corrected chi connectivity index (χ4v) is 5.63. The van der Waals surface area contributed by atoms with Gasteiger partial charge < -0.3 is 69.7 Å². The number of carboxylic acids is 1. The summed E-state index contributed by atoms with van der Waals surface area (Å²) in [5.74, 6) is -8.31. The number of carbonyl (C=O) groups excluding carboxylic acids is 8. The summed E-state index contributed by atoms with van der Waals surface area (Å²) in [6.07, 6.45) is -1.93. The molecule has 0 saturated carbocycles. The summed E-state index contributed by atoms with van der Waals surface area (Å²) in [4.78, 5) is 115. The maximum Gasteiger partial charge on any atom is 0.325 e. The molecule has 0 unspecified atom stereocenters. The van der Waals surface area contributed by atoms with Crippen molar-refractivity contribution in [2.24, 2.45) is 29.0 Å². The van der Waals surface area contributed by atoms with Crippen molar-refractivity contribution in [3.8, 4) is 5.75 Å². The molecule has 16 N–H and O–H groups in total. The van der Waals surface area contributed by atoms with E-state index < -0.39 is 108 Å². The first-order chi connectivity index (χ1) is 27.9. The van der Waals surface area contributed by atoms with Gasteiger partial charge >= 0.3 is 12.0 Å². The molecule has 0 aliphatic heterocycles. The quantitative estimate of drug-likeness (QED) is 0.0416. The Morgan fingerprint density at radius 1 is 0.650 bits per heavy atom. The molecule has 22 nitrogen and oxygen atoms in total. The molecule has 0 heterocycles. The lowest BCUT2D eigenvalue weighted by molar-refractivity contribution is -0.142. The predicted octanol–water partition coefficient (Wildman–Crippen LogP) is -2.93. The second kappa shape index (κ2) is 25.5. The number of aliphatic hydroxyl groups excluding tert-OH is 1. The van der Waals surface area contributed by atoms with Gasteiger partial charge in [0.05, 0.1) is 12.1 Å². The Bertz CT molecular complexity index is 1660. The molecule has 0 spiro atoms. The Balaban J connectivity index is 3.30. The fourth-order valence-electron chi connectivity index (χ4n) is 5.63. The highest BCUT2D eigenvalue weighted by Gasteiger charge is 2.36. The third kappa shape index (κ3) is 19.1. The van der Waals surface area contributed by atoms with Gasteiger partial charge in [0.2, 0.25) is 41.4 Å². The van der Waals surface area contributed by atoms with E-state index in [9.17, 15) is 58.5 Å². The molecule has 0 aromatic heterocycles. The topological polar surface area (TPSA) is 377 Å². The number of carboxylic acid groups (broad SMARTS) is 1. The van der Waals surface area contributed by atoms with E-state index in [2.05, 4.69) is 37.2 Å². The average molecular weight is 851 g/mol. The monoisotopic (exact) mass is 850 g/mol. The van der Waals surface area contributed by atoms with Gasteiger partial charge in [-0.2, -0.15) is 0 Å². The van der Waals surface area contributed by atoms with E-state index in [1.165, 1.54) is 38.1 Å². The minimum atomic E-state index is -1.70. The number of aromatic hydroxyl groups is 1. The molecule has 22 heteroatoms. The number of amides is 9. The smallest absolute Gasteiger partial charge is 0.325 e. The molecule has 0 bridgehead atoms. The summed E-state index contributed by atoms with van der Waals surface area (Å²) in [7, 11) is 0. The molecule has 0 saturated heterocycles. The molecule has 336 valence electrons. The minimum Gasteiger partial charge on any atom is -0.508 e. The number of carbonyl (C=O) groups is 9. The van der Waals surface area contributed by atoms with Crippen molar-refractivity contribution in [1.29, 1.82) is 0 Å². The average Bonchev–Trinajstić information content (AvgIpc) is 3.15. The number of aliphatic hydroxyl groups is 1. The van der Waals surface area contributed by atoms with Crippen LogP contribution in [0.1, 0.15) is 79.2 Å². The van der Waals surface area contributed by atoms with Crippen molar-refractivity contribution in [2.75, 3.05) is 6.54 Å². The van der Waals surface area contributed by atoms with Gasteiger partial charge in [0, 0.05) is 19.4 Å². The number of phenolic OH excluding ortho intramolecular Hbond substituents is 1. The lowest BCUT2D eigenvalue weighted by atomic mass is 9.99. The number of phenols is 1. The number of nitrogens with one attached hydrogen (secondary N) is 7. The van der Waals surface area contributed by atoms with Crippen molar-refractivity contribution in [1.82, 2.24) is 37.2 Å². The van der Waals surface area contributed by atoms with Crippen LogP contribution in [0.5, 0.6) is 5.75 Å². The van der Waals surface area contributed by atoms with E-state index in [0.29, 0.717) is 5.56 Å². The van der Waals surface area contributed by atoms with Crippen LogP contribution in [-0.4, -0.2) is 124 Å². The van der Waals surface area contributed by atoms with Crippen LogP contribution in [0.25, 0.3) is 0 Å². The number of benzene rings is 1. The summed E-state index contributed by atoms with van der Waals surface area (Å²) in [5, 5.41) is 46.7. The summed E-state index contributed by atoms with van der Waals surface area (Å²) in [5.41, 5.74) is 16.9. The molecule has 60 heavy (non-hydrogen) atoms. The number of nitrogens with two attached hydrogens (primary N) is 3. The van der Waals surface area contributed by atoms with Gasteiger partial charge in [-0.1, -0.05) is 39.8 Å². The lowest BCUT2D eigenvalue weighted by Gasteiger charge is -2.29. The SMILES string of the molecule is CC(C)C[C@H](NC(=O)[C@H](CCC(N)=O)NC(=O)[C@@H](NC(=O)[C@@H](NC(=O)[C@H](Cc1ccc(O)cc1)NC(=O)[C@@H](N)CCCNC(N)=O)[C@@H](C)O)C(C)C)C(=O)N[C@@H](C)C(=O)O. The standard InChI is InChI=1S/C38H62N10O12/c1-18(2)16-26(33(54)43-20(5)37(58)59)46-32(53)25(13-14-28(40)51)44-35(56)29(19(3)4)47-36(57)30(21(6)49)48-34(55)27(17-22-9-11-23(50)12-10-22)45-31(52)24(39)8-7-15-42-38(41)60/h9-12,18-21,24-27,29-30,49-50H,7-8,13-17,39H2,1-6H3,(H2,40,51)(H,43,54)(H,44,56)(H,45,52)(H,46,53)(H,47,57)(H,48,55)(H,58,59)(H3,41,42,60)/t20-,21+,24-,25-,26-,27-,29-,30-/m0/s1. The maximum atomic E-state index is 13.7. The second-order valence-corrected chi connectivity index (χ2v) is 15.3. The Hall–Kier alpha value is -6.03. The summed E-state index contributed by atoms with van der Waals surface area (Å²) in [6, 6.07) is -4.61. The molecule has 0 aliphatic rings. The zero-order valence-electron chi connectivity index (χ0n) is 34.8. The van der Waals surface area contributed by atoms with Crippen LogP contribution in [0.4, 0.5) is 4.79 Å². The summed E-state index contributed by atoms with van der Waals surface area (Å²) < 4.78 is 0. The summed E-state index contributed by atoms with van der Waals surface area (Å²) >= 11 is 0. The second-order valence-electron chi connectivity index (χ2n) is 15.3. The van der Waals surface area contributed by atoms with Crippen LogP contribution in [0, 0.1) is 11.8 Å². The Morgan fingerprint density at radius 2 is 1.17 bits per heavy atom. The highest BCUT2D eigenvalue weighted by Crippen LogP contribution is 2.13. The molecule has 9 amide bonds. The van der Waals surface area contributed by atoms with Gasteiger partial charge in [0.15, 0.2) is 0 Å². The number of rotatable bonds is 26. The van der Waals surface area contributed by atoms with Crippen LogP contribution in [0.2, 0.25) is 0 Å². The van der Waals surface area contributed by atoms with Gasteiger partial charge in [0.25, 0.3) is 0 Å². The zero-order chi connectivity index (χ0) is 45.9. The van der Waals surface area contributed by atoms with Crippen LogP contribution >= 0.6 is 0 Å². The third-order valence-corrected chi connectivity index (χ3v) is 9.03. The summed E-state index contributed by atoms with van der Waals surface area (Å²) in [6.45, 7) is 9.21. The van der Waals surface area contributed by atoms with E-state index in [1.54, 1.807) is 27.7 Å². The van der Waals surface area contributed by atoms with E-state index in [-0.39, 0.29) is 56.7 Å². The Kier molecular flexibility index (Phi) is 22.1. The largest absolute Gasteiger partial charge is 0.508 e. The molecule has 0 fully saturated rings. The normalized spacial score (nSPS) is 15.1. The van der Waals surface area contributed by atoms with Gasteiger partial charge in [0.1, 0.15) is 42.0 Å². The van der Waals surface area contributed by atoms with E-state index >= 15 is 0 Å². The van der Waals surface area contributed by atoms with Gasteiger partial charge in [-0.15, -0.1) is 0 Å². The zero-order valence-corrected chi connectivity index (χ0v) is 34.8. The molecule has 1 aromatic rings. The Labute approximate surface area is 348 Å². The fraction of sp³-hybridized carbons (Fsp3) is 0.605. The highest BCUT2D eigenvalue weighted by atomic mass is 16.4. The van der Waals surface area contributed by atoms with E-state index in [1.807, 2.05) is 0 Å². The first kappa shape index (κ1) is 52.0. The number of hydrogen-bond acceptors (Lipinski definition) is 12. The Morgan fingerprint density at radius 3 is 1.68 bits per heavy atom. The van der Waals surface area contributed by atoms with Crippen molar-refractivity contribution in [3.05, 3.63) is 29.8 Å². The minimum absolute atomic E-state index is 0.0600. The first-order valence-corrected chi connectivity index (χ1v) is 19.5. The van der Waals surface area contributed by atoms with Gasteiger partial charge in [-0.05, 0) is 69.1 Å². The maximum absolute atomic E-state index is 13.7. The first-order valence-electron chi connectivity index (χ1n) is 19.5. The van der Waals surface area contributed by atoms with E-state index in [0.717, 1.165) is 0 Å². The van der Waals surface area contributed by atoms with Gasteiger partial charge in [-0.3, -0.25) is 38.4 Å². The predicted molar refractivity (Wildman–Crippen MR) is 216 cm³/mol. The van der Waals surface area contributed by atoms with Crippen molar-refractivity contribution < 1.29 is 58.5 Å². The lowest BCUT2D eigenvalue weighted by Crippen LogP contribution is -2.62. The third-order valence-electron chi connectivity index (χ3n) is 9.03. The van der Waals surface area contributed by atoms with Crippen molar-refractivity contribution in [3.63, 3.8) is 0 Å². The number of urea groups is 1. The van der Waals surface area contributed by atoms with Crippen LogP contribution in [-0.2, 0) is 44.8 Å². The molecular weight excluding hydrogens is 788 g/mol. The van der Waals surface area contributed by atoms with Crippen molar-refractivity contribution in [2.45, 2.75) is 128 Å². The van der Waals surface area contributed by atoms with Crippen molar-refractivity contribution >= 4 is 53.4 Å². The molecular formula is C38H62N10O12. The number of primary amides is 2. The highest BCUT2D eigenvalue weighted by molar-refractivity contribution is 5.97. The molecule has 0 radical (unpaired) electrons.